The van der Waals surface area contributed by atoms with E-state index in [0.29, 0.717) is 35.1 Å². The second kappa shape index (κ2) is 18.2. The summed E-state index contributed by atoms with van der Waals surface area (Å²) in [6, 6.07) is 90.9. The molecule has 0 atom stereocenters. The highest BCUT2D eigenvalue weighted by molar-refractivity contribution is 7.19. The number of hydrogen-bond acceptors (Lipinski definition) is 7. The van der Waals surface area contributed by atoms with E-state index in [0.717, 1.165) is 71.4 Å². The summed E-state index contributed by atoms with van der Waals surface area (Å²) in [5, 5.41) is 9.15. The third-order valence-electron chi connectivity index (χ3n) is 14.2. The summed E-state index contributed by atoms with van der Waals surface area (Å²) in [6.07, 6.45) is 0. The van der Waals surface area contributed by atoms with E-state index in [1.807, 2.05) is 91.0 Å². The predicted octanol–water partition coefficient (Wildman–Crippen LogP) is 11.7. The van der Waals surface area contributed by atoms with Crippen LogP contribution < -0.4 is 20.9 Å². The van der Waals surface area contributed by atoms with E-state index in [2.05, 4.69) is 179 Å². The standard InChI is InChI=1S/C65H43N9Si/c1-7-24-44(25-8-1)60-67-61(45-26-9-2-10-27-45)69-63(68-60)64-70-62(46-28-11-3-12-29-46)71-65(72-64)73-54-39-22-20-37-52(54)58-55(73)43-42-51-50-36-19-21-38-53(50)74(59(51)58)56-40-23-41-57(66-56)75(47-30-13-4-14-31-47,48-32-15-5-16-33-48)49-34-17-6-18-35-49/h1-43H. The molecule has 0 N–H and O–H groups in total. The van der Waals surface area contributed by atoms with Gasteiger partial charge in [-0.1, -0.05) is 231 Å². The van der Waals surface area contributed by atoms with E-state index < -0.39 is 8.07 Å². The highest BCUT2D eigenvalue weighted by atomic mass is 28.3. The molecule has 352 valence electrons. The maximum Gasteiger partial charge on any atom is 0.238 e. The second-order valence-corrected chi connectivity index (χ2v) is 22.2. The number of para-hydroxylation sites is 2. The molecule has 0 unspecified atom stereocenters. The Balaban J connectivity index is 1.04. The van der Waals surface area contributed by atoms with Crippen LogP contribution in [0.1, 0.15) is 0 Å². The molecule has 0 aliphatic rings. The molecular formula is C65H43N9Si. The molecule has 0 radical (unpaired) electrons. The normalized spacial score (nSPS) is 11.7. The zero-order valence-electron chi connectivity index (χ0n) is 40.4. The van der Waals surface area contributed by atoms with Gasteiger partial charge < -0.3 is 0 Å². The third kappa shape index (κ3) is 7.34. The molecule has 14 aromatic rings. The lowest BCUT2D eigenvalue weighted by Gasteiger charge is -2.33. The summed E-state index contributed by atoms with van der Waals surface area (Å²) >= 11 is 0. The Kier molecular flexibility index (Phi) is 10.6. The van der Waals surface area contributed by atoms with Gasteiger partial charge in [0.2, 0.25) is 25.7 Å². The molecule has 5 aromatic heterocycles. The summed E-state index contributed by atoms with van der Waals surface area (Å²) in [5.41, 5.74) is 6.49. The van der Waals surface area contributed by atoms with Crippen molar-refractivity contribution in [3.63, 3.8) is 0 Å². The van der Waals surface area contributed by atoms with Crippen molar-refractivity contribution >= 4 is 72.6 Å². The largest absolute Gasteiger partial charge is 0.293 e. The highest BCUT2D eigenvalue weighted by Gasteiger charge is 2.43. The van der Waals surface area contributed by atoms with Gasteiger partial charge in [0.1, 0.15) is 5.82 Å². The number of rotatable bonds is 10. The zero-order valence-corrected chi connectivity index (χ0v) is 41.4. The molecule has 10 heteroatoms. The van der Waals surface area contributed by atoms with Crippen LogP contribution in [-0.4, -0.2) is 52.1 Å². The molecule has 0 bridgehead atoms. The van der Waals surface area contributed by atoms with Crippen molar-refractivity contribution in [2.75, 3.05) is 0 Å². The Morgan fingerprint density at radius 1 is 0.267 bits per heavy atom. The van der Waals surface area contributed by atoms with Crippen LogP contribution in [0.15, 0.2) is 261 Å². The molecular weight excluding hydrogens is 935 g/mol. The van der Waals surface area contributed by atoms with Gasteiger partial charge in [0, 0.05) is 43.6 Å². The number of benzene rings is 9. The minimum Gasteiger partial charge on any atom is -0.293 e. The van der Waals surface area contributed by atoms with Crippen molar-refractivity contribution in [3.8, 4) is 57.6 Å². The van der Waals surface area contributed by atoms with Crippen LogP contribution in [-0.2, 0) is 0 Å². The molecule has 0 aliphatic heterocycles. The van der Waals surface area contributed by atoms with Crippen LogP contribution in [0.2, 0.25) is 0 Å². The molecule has 0 saturated heterocycles. The van der Waals surface area contributed by atoms with Crippen LogP contribution in [0.3, 0.4) is 0 Å². The summed E-state index contributed by atoms with van der Waals surface area (Å²) in [7, 11) is -2.99. The quantitative estimate of drug-likeness (QED) is 0.0994. The first-order valence-electron chi connectivity index (χ1n) is 25.0. The average Bonchev–Trinajstić information content (AvgIpc) is 4.04. The molecule has 0 aliphatic carbocycles. The summed E-state index contributed by atoms with van der Waals surface area (Å²) in [4.78, 5) is 36.8. The Morgan fingerprint density at radius 2 is 0.680 bits per heavy atom. The molecule has 0 saturated carbocycles. The first kappa shape index (κ1) is 43.7. The van der Waals surface area contributed by atoms with E-state index in [9.17, 15) is 0 Å². The van der Waals surface area contributed by atoms with Gasteiger partial charge in [-0.05, 0) is 45.9 Å². The minimum atomic E-state index is -2.99. The monoisotopic (exact) mass is 977 g/mol. The van der Waals surface area contributed by atoms with Gasteiger partial charge in [-0.25, -0.2) is 24.9 Å². The van der Waals surface area contributed by atoms with Gasteiger partial charge in [0.15, 0.2) is 17.5 Å². The van der Waals surface area contributed by atoms with E-state index in [-0.39, 0.29) is 0 Å². The van der Waals surface area contributed by atoms with Gasteiger partial charge in [-0.15, -0.1) is 0 Å². The molecule has 9 nitrogen and oxygen atoms in total. The summed E-state index contributed by atoms with van der Waals surface area (Å²) in [6.45, 7) is 0. The summed E-state index contributed by atoms with van der Waals surface area (Å²) < 4.78 is 4.52. The lowest BCUT2D eigenvalue weighted by atomic mass is 10.1. The first-order valence-corrected chi connectivity index (χ1v) is 27.0. The van der Waals surface area contributed by atoms with Gasteiger partial charge in [0.25, 0.3) is 0 Å². The molecule has 14 rings (SSSR count). The van der Waals surface area contributed by atoms with Crippen LogP contribution in [0.5, 0.6) is 0 Å². The Labute approximate surface area is 432 Å². The van der Waals surface area contributed by atoms with Crippen LogP contribution in [0.4, 0.5) is 0 Å². The molecule has 5 heterocycles. The first-order chi connectivity index (χ1) is 37.2. The van der Waals surface area contributed by atoms with Crippen LogP contribution in [0.25, 0.3) is 101 Å². The van der Waals surface area contributed by atoms with Gasteiger partial charge in [-0.2, -0.15) is 9.97 Å². The Bertz CT molecular complexity index is 4240. The number of fused-ring (bicyclic) bond motifs is 7. The SMILES string of the molecule is c1ccc(-c2nc(-c3ccccc3)nc(-c3nc(-c4ccccc4)nc(-n4c5ccccc5c5c4ccc4c6ccccc6n(-c6cccc([Si](c7ccccc7)(c7ccccc7)c7ccccc7)n6)c45)n3)n2)cc1. The zero-order chi connectivity index (χ0) is 49.7. The molecule has 75 heavy (non-hydrogen) atoms. The predicted molar refractivity (Wildman–Crippen MR) is 305 cm³/mol. The van der Waals surface area contributed by atoms with E-state index in [1.165, 1.54) is 15.6 Å². The van der Waals surface area contributed by atoms with E-state index >= 15 is 0 Å². The summed E-state index contributed by atoms with van der Waals surface area (Å²) in [5.74, 6) is 3.43. The van der Waals surface area contributed by atoms with Crippen molar-refractivity contribution < 1.29 is 0 Å². The fourth-order valence-electron chi connectivity index (χ4n) is 10.9. The van der Waals surface area contributed by atoms with Crippen molar-refractivity contribution in [3.05, 3.63) is 261 Å². The van der Waals surface area contributed by atoms with Crippen molar-refractivity contribution in [2.45, 2.75) is 0 Å². The fraction of sp³-hybridized carbons (Fsp3) is 0. The highest BCUT2D eigenvalue weighted by Crippen LogP contribution is 2.42. The molecule has 9 aromatic carbocycles. The topological polar surface area (TPSA) is 100 Å². The maximum absolute atomic E-state index is 5.88. The van der Waals surface area contributed by atoms with E-state index in [4.69, 9.17) is 34.9 Å². The van der Waals surface area contributed by atoms with Gasteiger partial charge in [0.05, 0.1) is 22.1 Å². The number of hydrogen-bond donors (Lipinski definition) is 0. The number of nitrogens with zero attached hydrogens (tertiary/aromatic N) is 9. The fourth-order valence-corrected chi connectivity index (χ4v) is 15.5. The van der Waals surface area contributed by atoms with Crippen LogP contribution >= 0.6 is 0 Å². The van der Waals surface area contributed by atoms with Crippen molar-refractivity contribution in [1.29, 1.82) is 0 Å². The van der Waals surface area contributed by atoms with Crippen molar-refractivity contribution in [1.82, 2.24) is 44.0 Å². The van der Waals surface area contributed by atoms with Crippen molar-refractivity contribution in [2.24, 2.45) is 0 Å². The third-order valence-corrected chi connectivity index (χ3v) is 18.8. The second-order valence-electron chi connectivity index (χ2n) is 18.5. The van der Waals surface area contributed by atoms with Gasteiger partial charge in [-0.3, -0.25) is 9.13 Å². The number of pyridine rings is 1. The average molecular weight is 978 g/mol. The molecule has 0 spiro atoms. The smallest absolute Gasteiger partial charge is 0.238 e. The molecule has 0 amide bonds. The Morgan fingerprint density at radius 3 is 1.21 bits per heavy atom. The van der Waals surface area contributed by atoms with Crippen LogP contribution in [0, 0.1) is 0 Å². The maximum atomic E-state index is 5.88. The van der Waals surface area contributed by atoms with Gasteiger partial charge >= 0.3 is 0 Å². The molecule has 0 fully saturated rings. The lowest BCUT2D eigenvalue weighted by Crippen LogP contribution is -2.75. The minimum absolute atomic E-state index is 0.320. The lowest BCUT2D eigenvalue weighted by molar-refractivity contribution is 0.934. The van der Waals surface area contributed by atoms with E-state index in [1.54, 1.807) is 0 Å². The number of aromatic nitrogens is 9. The Hall–Kier alpha value is -10.0.